The first-order chi connectivity index (χ1) is 21.8. The summed E-state index contributed by atoms with van der Waals surface area (Å²) in [5.41, 5.74) is 12.3. The number of carbonyl (C=O) groups excluding carboxylic acids is 3. The van der Waals surface area contributed by atoms with Gasteiger partial charge < -0.3 is 40.7 Å². The number of amides is 2. The third kappa shape index (κ3) is 6.89. The molecule has 18 heteroatoms. The second kappa shape index (κ2) is 13.1. The summed E-state index contributed by atoms with van der Waals surface area (Å²) in [6.45, 7) is 0.825. The Kier molecular flexibility index (Phi) is 9.15. The number of nitrogen functional groups attached to an aromatic ring is 1. The van der Waals surface area contributed by atoms with E-state index in [9.17, 15) is 33.0 Å². The number of primary amides is 1. The maximum Gasteiger partial charge on any atom is 0.339 e. The Bertz CT molecular complexity index is 1870. The zero-order valence-corrected chi connectivity index (χ0v) is 24.9. The lowest BCUT2D eigenvalue weighted by molar-refractivity contribution is -0.126. The highest BCUT2D eigenvalue weighted by Crippen LogP contribution is 2.32. The van der Waals surface area contributed by atoms with Crippen molar-refractivity contribution in [2.75, 3.05) is 12.3 Å². The lowest BCUT2D eigenvalue weighted by atomic mass is 10.1. The Morgan fingerprint density at radius 3 is 2.39 bits per heavy atom. The van der Waals surface area contributed by atoms with Gasteiger partial charge in [-0.25, -0.2) is 19.7 Å². The van der Waals surface area contributed by atoms with Crippen LogP contribution in [0.2, 0.25) is 0 Å². The first-order valence-electron chi connectivity index (χ1n) is 13.7. The minimum Gasteiger partial charge on any atom is -0.459 e. The van der Waals surface area contributed by atoms with E-state index in [1.807, 2.05) is 0 Å². The molecule has 1 aliphatic heterocycles. The maximum atomic E-state index is 12.8. The second-order valence-electron chi connectivity index (χ2n) is 10.3. The summed E-state index contributed by atoms with van der Waals surface area (Å²) >= 11 is 0. The van der Waals surface area contributed by atoms with E-state index in [1.165, 1.54) is 60.5 Å². The largest absolute Gasteiger partial charge is 0.459 e. The second-order valence-corrected chi connectivity index (χ2v) is 11.8. The Labute approximate surface area is 261 Å². The minimum absolute atomic E-state index is 0.00356. The molecule has 2 unspecified atom stereocenters. The van der Waals surface area contributed by atoms with Gasteiger partial charge in [-0.1, -0.05) is 12.1 Å². The van der Waals surface area contributed by atoms with Crippen LogP contribution in [0.1, 0.15) is 29.1 Å². The van der Waals surface area contributed by atoms with Crippen molar-refractivity contribution in [3.63, 3.8) is 0 Å². The third-order valence-corrected chi connectivity index (χ3v) is 8.31. The molecule has 242 valence electrons. The highest BCUT2D eigenvalue weighted by atomic mass is 32.2. The van der Waals surface area contributed by atoms with Crippen molar-refractivity contribution in [2.45, 2.75) is 48.8 Å². The van der Waals surface area contributed by atoms with Crippen LogP contribution in [0.25, 0.3) is 11.2 Å². The van der Waals surface area contributed by atoms with Crippen LogP contribution in [0.4, 0.5) is 5.82 Å². The van der Waals surface area contributed by atoms with E-state index >= 15 is 0 Å². The van der Waals surface area contributed by atoms with Gasteiger partial charge in [-0.3, -0.25) is 14.2 Å². The van der Waals surface area contributed by atoms with Gasteiger partial charge in [0.05, 0.1) is 11.9 Å². The molecule has 7 N–H and O–H groups in total. The monoisotopic (exact) mass is 655 g/mol. The molecule has 1 saturated heterocycles. The number of aliphatic hydroxyl groups is 2. The predicted molar refractivity (Wildman–Crippen MR) is 157 cm³/mol. The molecule has 1 aliphatic rings. The molecule has 0 aliphatic carbocycles. The molecule has 0 spiro atoms. The number of esters is 1. The topological polar surface area (TPSA) is 261 Å². The molecule has 5 rings (SSSR count). The smallest absolute Gasteiger partial charge is 0.339 e. The summed E-state index contributed by atoms with van der Waals surface area (Å²) in [7, 11) is -4.29. The van der Waals surface area contributed by atoms with Crippen LogP contribution in [0.5, 0.6) is 5.75 Å². The van der Waals surface area contributed by atoms with Gasteiger partial charge in [0.15, 0.2) is 17.7 Å². The Morgan fingerprint density at radius 1 is 1.04 bits per heavy atom. The van der Waals surface area contributed by atoms with Gasteiger partial charge >= 0.3 is 16.1 Å². The fourth-order valence-electron chi connectivity index (χ4n) is 4.71. The fourth-order valence-corrected chi connectivity index (χ4v) is 5.64. The van der Waals surface area contributed by atoms with Gasteiger partial charge in [0.25, 0.3) is 0 Å². The normalized spacial score (nSPS) is 20.2. The van der Waals surface area contributed by atoms with E-state index in [4.69, 9.17) is 25.1 Å². The van der Waals surface area contributed by atoms with Crippen LogP contribution < -0.4 is 21.0 Å². The maximum absolute atomic E-state index is 12.8. The summed E-state index contributed by atoms with van der Waals surface area (Å²) in [4.78, 5) is 47.3. The number of carbonyl (C=O) groups is 3. The summed E-state index contributed by atoms with van der Waals surface area (Å²) in [6.07, 6.45) is -2.39. The highest BCUT2D eigenvalue weighted by Gasteiger charge is 2.45. The van der Waals surface area contributed by atoms with Crippen LogP contribution in [-0.2, 0) is 35.6 Å². The van der Waals surface area contributed by atoms with E-state index in [0.29, 0.717) is 5.56 Å². The molecule has 4 aromatic rings. The lowest BCUT2D eigenvalue weighted by Crippen LogP contribution is -2.44. The number of hydrogen-bond acceptors (Lipinski definition) is 14. The van der Waals surface area contributed by atoms with E-state index < -0.39 is 65.1 Å². The highest BCUT2D eigenvalue weighted by molar-refractivity contribution is 7.87. The number of benzene rings is 2. The molecule has 5 atom stereocenters. The summed E-state index contributed by atoms with van der Waals surface area (Å²) in [6, 6.07) is 9.63. The molecule has 2 aromatic carbocycles. The SMILES string of the molecule is CC(=O)NC(Cc1ccc(OS(=O)(=O)c2ccc(C(=O)OC[C@H]3OC(n4cnc5c(N)ncnc54)[C@H](O)[C@@H]3O)cc2)cc1)C(N)=O. The number of anilines is 1. The average Bonchev–Trinajstić information content (AvgIpc) is 3.57. The molecule has 2 aromatic heterocycles. The van der Waals surface area contributed by atoms with Gasteiger partial charge in [0.2, 0.25) is 11.8 Å². The van der Waals surface area contributed by atoms with Crippen molar-refractivity contribution in [1.29, 1.82) is 0 Å². The molecule has 0 radical (unpaired) electrons. The van der Waals surface area contributed by atoms with Gasteiger partial charge in [0.1, 0.15) is 53.4 Å². The fraction of sp³-hybridized carbons (Fsp3) is 0.286. The van der Waals surface area contributed by atoms with Crippen LogP contribution in [-0.4, -0.2) is 86.9 Å². The Balaban J connectivity index is 1.17. The zero-order chi connectivity index (χ0) is 33.2. The summed E-state index contributed by atoms with van der Waals surface area (Å²) < 4.78 is 43.2. The summed E-state index contributed by atoms with van der Waals surface area (Å²) in [5, 5.41) is 23.5. The number of aromatic nitrogens is 4. The van der Waals surface area contributed by atoms with Crippen LogP contribution >= 0.6 is 0 Å². The quantitative estimate of drug-likeness (QED) is 0.0977. The van der Waals surface area contributed by atoms with Crippen molar-refractivity contribution in [2.24, 2.45) is 5.73 Å². The molecule has 17 nitrogen and oxygen atoms in total. The standard InChI is InChI=1S/C28H29N7O10S/c1-14(36)34-19(25(30)39)10-15-2-6-17(7-3-15)45-46(41,42)18-8-4-16(5-9-18)28(40)43-11-20-22(37)23(38)27(44-20)35-13-33-21-24(29)31-12-32-26(21)35/h2-9,12-13,19-20,22-23,27,37-38H,10-11H2,1H3,(H2,30,39)(H,34,36)(H2,29,31,32)/t19?,20-,22-,23-,27?/m1/s1. The van der Waals surface area contributed by atoms with Gasteiger partial charge in [-0.05, 0) is 42.0 Å². The average molecular weight is 656 g/mol. The number of aliphatic hydroxyl groups excluding tert-OH is 2. The van der Waals surface area contributed by atoms with Crippen LogP contribution in [0, 0.1) is 0 Å². The number of nitrogens with one attached hydrogen (secondary N) is 1. The number of ether oxygens (including phenoxy) is 2. The predicted octanol–water partition coefficient (Wildman–Crippen LogP) is -0.815. The van der Waals surface area contributed by atoms with Crippen molar-refractivity contribution < 1.29 is 46.7 Å². The van der Waals surface area contributed by atoms with E-state index in [0.717, 1.165) is 12.1 Å². The molecule has 3 heterocycles. The number of hydrogen-bond donors (Lipinski definition) is 5. The van der Waals surface area contributed by atoms with E-state index in [1.54, 1.807) is 0 Å². The van der Waals surface area contributed by atoms with Gasteiger partial charge in [-0.15, -0.1) is 0 Å². The van der Waals surface area contributed by atoms with E-state index in [2.05, 4.69) is 20.3 Å². The zero-order valence-electron chi connectivity index (χ0n) is 24.1. The minimum atomic E-state index is -4.29. The van der Waals surface area contributed by atoms with Crippen molar-refractivity contribution in [1.82, 2.24) is 24.8 Å². The van der Waals surface area contributed by atoms with Crippen LogP contribution in [0.15, 0.2) is 66.1 Å². The number of rotatable bonds is 11. The Hall–Kier alpha value is -5.17. The molecule has 46 heavy (non-hydrogen) atoms. The molecular formula is C28H29N7O10S. The first-order valence-corrected chi connectivity index (χ1v) is 15.1. The molecule has 0 bridgehead atoms. The summed E-state index contributed by atoms with van der Waals surface area (Å²) in [5.74, 6) is -1.87. The van der Waals surface area contributed by atoms with Gasteiger partial charge in [-0.2, -0.15) is 8.42 Å². The third-order valence-electron chi connectivity index (χ3n) is 7.05. The van der Waals surface area contributed by atoms with E-state index in [-0.39, 0.29) is 39.6 Å². The first kappa shape index (κ1) is 32.2. The Morgan fingerprint density at radius 2 is 1.74 bits per heavy atom. The number of fused-ring (bicyclic) bond motifs is 1. The molecule has 1 fully saturated rings. The molecule has 2 amide bonds. The number of nitrogens with zero attached hydrogens (tertiary/aromatic N) is 4. The number of imidazole rings is 1. The van der Waals surface area contributed by atoms with Crippen LogP contribution in [0.3, 0.4) is 0 Å². The van der Waals surface area contributed by atoms with Crippen molar-refractivity contribution in [3.05, 3.63) is 72.3 Å². The number of nitrogens with two attached hydrogens (primary N) is 2. The van der Waals surface area contributed by atoms with Crippen molar-refractivity contribution >= 4 is 44.9 Å². The molecule has 0 saturated carbocycles. The van der Waals surface area contributed by atoms with Gasteiger partial charge in [0, 0.05) is 13.3 Å². The lowest BCUT2D eigenvalue weighted by Gasteiger charge is -2.16. The van der Waals surface area contributed by atoms with Crippen molar-refractivity contribution in [3.8, 4) is 5.75 Å². The molecular weight excluding hydrogens is 626 g/mol.